The van der Waals surface area contributed by atoms with E-state index >= 15 is 0 Å². The molecule has 0 radical (unpaired) electrons. The van der Waals surface area contributed by atoms with Gasteiger partial charge in [0, 0.05) is 6.04 Å². The van der Waals surface area contributed by atoms with E-state index in [9.17, 15) is 9.90 Å². The molecule has 96 valence electrons. The Kier molecular flexibility index (Phi) is 2.65. The van der Waals surface area contributed by atoms with Gasteiger partial charge in [0.2, 0.25) is 0 Å². The van der Waals surface area contributed by atoms with E-state index in [-0.39, 0.29) is 12.1 Å². The molecule has 0 amide bonds. The van der Waals surface area contributed by atoms with Crippen molar-refractivity contribution in [3.63, 3.8) is 0 Å². The lowest BCUT2D eigenvalue weighted by atomic mass is 9.71. The van der Waals surface area contributed by atoms with Gasteiger partial charge in [-0.15, -0.1) is 0 Å². The van der Waals surface area contributed by atoms with E-state index in [2.05, 4.69) is 10.2 Å². The zero-order valence-corrected chi connectivity index (χ0v) is 10.1. The fraction of sp³-hybridized carbons (Fsp3) is 0.917. The van der Waals surface area contributed by atoms with Gasteiger partial charge in [0.1, 0.15) is 5.54 Å². The van der Waals surface area contributed by atoms with E-state index < -0.39 is 11.5 Å². The van der Waals surface area contributed by atoms with E-state index in [0.29, 0.717) is 12.3 Å². The van der Waals surface area contributed by atoms with E-state index in [0.717, 1.165) is 38.9 Å². The lowest BCUT2D eigenvalue weighted by Crippen LogP contribution is -2.74. The molecule has 0 saturated carbocycles. The molecular weight excluding hydrogens is 218 g/mol. The van der Waals surface area contributed by atoms with Crippen LogP contribution in [0.3, 0.4) is 0 Å². The molecule has 5 heteroatoms. The van der Waals surface area contributed by atoms with Crippen LogP contribution >= 0.6 is 0 Å². The van der Waals surface area contributed by atoms with E-state index in [1.54, 1.807) is 0 Å². The molecule has 5 nitrogen and oxygen atoms in total. The van der Waals surface area contributed by atoms with Crippen molar-refractivity contribution in [1.82, 2.24) is 10.2 Å². The average molecular weight is 239 g/mol. The molecule has 3 atom stereocenters. The fourth-order valence-corrected chi connectivity index (χ4v) is 4.05. The fourth-order valence-electron chi connectivity index (χ4n) is 4.05. The summed E-state index contributed by atoms with van der Waals surface area (Å²) in [6.45, 7) is 2.83. The Labute approximate surface area is 101 Å². The highest BCUT2D eigenvalue weighted by Crippen LogP contribution is 2.39. The first-order chi connectivity index (χ1) is 8.15. The SMILES string of the molecule is N[C@H]1C2CCN(CC2)C1[C@@]1(C(=O)O)CCCN1. The van der Waals surface area contributed by atoms with Gasteiger partial charge < -0.3 is 16.2 Å². The molecule has 2 bridgehead atoms. The minimum Gasteiger partial charge on any atom is -0.480 e. The maximum absolute atomic E-state index is 11.7. The number of fused-ring (bicyclic) bond motifs is 3. The molecular formula is C12H21N3O2. The van der Waals surface area contributed by atoms with Crippen molar-refractivity contribution in [2.75, 3.05) is 19.6 Å². The average Bonchev–Trinajstić information content (AvgIpc) is 2.80. The van der Waals surface area contributed by atoms with Crippen LogP contribution in [0.15, 0.2) is 0 Å². The first kappa shape index (κ1) is 11.4. The smallest absolute Gasteiger partial charge is 0.325 e. The summed E-state index contributed by atoms with van der Waals surface area (Å²) in [4.78, 5) is 14.0. The van der Waals surface area contributed by atoms with E-state index in [1.165, 1.54) is 0 Å². The Bertz CT molecular complexity index is 318. The molecule has 1 unspecified atom stereocenters. The maximum atomic E-state index is 11.7. The zero-order chi connectivity index (χ0) is 12.0. The van der Waals surface area contributed by atoms with Gasteiger partial charge in [0.15, 0.2) is 0 Å². The van der Waals surface area contributed by atoms with Crippen molar-refractivity contribution in [3.05, 3.63) is 0 Å². The molecule has 4 heterocycles. The third-order valence-electron chi connectivity index (χ3n) is 4.95. The zero-order valence-electron chi connectivity index (χ0n) is 10.1. The molecule has 0 aromatic carbocycles. The van der Waals surface area contributed by atoms with Crippen LogP contribution in [0.5, 0.6) is 0 Å². The number of carboxylic acids is 1. The van der Waals surface area contributed by atoms with Gasteiger partial charge >= 0.3 is 5.97 Å². The number of piperidine rings is 3. The van der Waals surface area contributed by atoms with Crippen molar-refractivity contribution < 1.29 is 9.90 Å². The topological polar surface area (TPSA) is 78.6 Å². The molecule has 4 fully saturated rings. The molecule has 4 aliphatic heterocycles. The van der Waals surface area contributed by atoms with Crippen LogP contribution < -0.4 is 11.1 Å². The summed E-state index contributed by atoms with van der Waals surface area (Å²) in [7, 11) is 0. The van der Waals surface area contributed by atoms with Crippen LogP contribution in [0.4, 0.5) is 0 Å². The Morgan fingerprint density at radius 2 is 2.12 bits per heavy atom. The first-order valence-corrected chi connectivity index (χ1v) is 6.63. The number of nitrogens with one attached hydrogen (secondary N) is 1. The quantitative estimate of drug-likeness (QED) is 0.612. The summed E-state index contributed by atoms with van der Waals surface area (Å²) < 4.78 is 0. The van der Waals surface area contributed by atoms with Crippen molar-refractivity contribution in [2.24, 2.45) is 11.7 Å². The van der Waals surface area contributed by atoms with Crippen LogP contribution in [-0.2, 0) is 4.79 Å². The molecule has 0 aliphatic carbocycles. The first-order valence-electron chi connectivity index (χ1n) is 6.63. The second-order valence-electron chi connectivity index (χ2n) is 5.70. The minimum absolute atomic E-state index is 0.0131. The molecule has 4 saturated heterocycles. The maximum Gasteiger partial charge on any atom is 0.325 e. The third-order valence-corrected chi connectivity index (χ3v) is 4.95. The number of nitrogens with zero attached hydrogens (tertiary/aromatic N) is 1. The Hall–Kier alpha value is -0.650. The highest BCUT2D eigenvalue weighted by molar-refractivity contribution is 5.80. The third kappa shape index (κ3) is 1.53. The predicted molar refractivity (Wildman–Crippen MR) is 63.7 cm³/mol. The Balaban J connectivity index is 1.93. The van der Waals surface area contributed by atoms with Gasteiger partial charge in [0.25, 0.3) is 0 Å². The molecule has 0 spiro atoms. The van der Waals surface area contributed by atoms with Crippen molar-refractivity contribution in [2.45, 2.75) is 43.3 Å². The monoisotopic (exact) mass is 239 g/mol. The van der Waals surface area contributed by atoms with Crippen LogP contribution in [0.1, 0.15) is 25.7 Å². The van der Waals surface area contributed by atoms with Gasteiger partial charge in [-0.25, -0.2) is 0 Å². The summed E-state index contributed by atoms with van der Waals surface area (Å²) in [5, 5.41) is 12.9. The molecule has 0 aromatic rings. The number of hydrogen-bond acceptors (Lipinski definition) is 4. The molecule has 17 heavy (non-hydrogen) atoms. The molecule has 0 aromatic heterocycles. The van der Waals surface area contributed by atoms with E-state index in [1.807, 2.05) is 0 Å². The van der Waals surface area contributed by atoms with Gasteiger partial charge in [-0.05, 0) is 51.2 Å². The number of carboxylic acid groups (broad SMARTS) is 1. The molecule has 4 rings (SSSR count). The summed E-state index contributed by atoms with van der Waals surface area (Å²) in [6, 6.07) is -0.00537. The van der Waals surface area contributed by atoms with Crippen molar-refractivity contribution >= 4 is 5.97 Å². The van der Waals surface area contributed by atoms with Crippen molar-refractivity contribution in [3.8, 4) is 0 Å². The summed E-state index contributed by atoms with van der Waals surface area (Å²) >= 11 is 0. The summed E-state index contributed by atoms with van der Waals surface area (Å²) in [5.74, 6) is -0.202. The van der Waals surface area contributed by atoms with Gasteiger partial charge in [0.05, 0.1) is 6.04 Å². The standard InChI is InChI=1S/C12H21N3O2/c13-9-8-2-6-15(7-3-8)10(9)12(11(16)17)4-1-5-14-12/h8-10,14H,1-7,13H2,(H,16,17)/t9-,10?,12+/m0/s1. The second-order valence-corrected chi connectivity index (χ2v) is 5.70. The predicted octanol–water partition coefficient (Wildman–Crippen LogP) is -0.385. The Morgan fingerprint density at radius 1 is 1.41 bits per heavy atom. The lowest BCUT2D eigenvalue weighted by Gasteiger charge is -2.54. The number of hydrogen-bond donors (Lipinski definition) is 3. The number of carbonyl (C=O) groups is 1. The normalized spacial score (nSPS) is 49.5. The largest absolute Gasteiger partial charge is 0.480 e. The number of nitrogens with two attached hydrogens (primary N) is 1. The number of rotatable bonds is 2. The van der Waals surface area contributed by atoms with Crippen LogP contribution in [0.25, 0.3) is 0 Å². The lowest BCUT2D eigenvalue weighted by molar-refractivity contribution is -0.151. The van der Waals surface area contributed by atoms with Crippen LogP contribution in [0, 0.1) is 5.92 Å². The molecule has 4 N–H and O–H groups in total. The van der Waals surface area contributed by atoms with Gasteiger partial charge in [-0.2, -0.15) is 0 Å². The van der Waals surface area contributed by atoms with E-state index in [4.69, 9.17) is 5.73 Å². The minimum atomic E-state index is -0.793. The Morgan fingerprint density at radius 3 is 2.59 bits per heavy atom. The van der Waals surface area contributed by atoms with Gasteiger partial charge in [-0.3, -0.25) is 9.69 Å². The van der Waals surface area contributed by atoms with Gasteiger partial charge in [-0.1, -0.05) is 0 Å². The molecule has 4 aliphatic rings. The summed E-state index contributed by atoms with van der Waals surface area (Å²) in [5.41, 5.74) is 5.53. The highest BCUT2D eigenvalue weighted by atomic mass is 16.4. The van der Waals surface area contributed by atoms with Crippen LogP contribution in [0.2, 0.25) is 0 Å². The van der Waals surface area contributed by atoms with Crippen molar-refractivity contribution in [1.29, 1.82) is 0 Å². The highest BCUT2D eigenvalue weighted by Gasteiger charge is 2.56. The van der Waals surface area contributed by atoms with Crippen LogP contribution in [-0.4, -0.2) is 53.2 Å². The number of aliphatic carboxylic acids is 1. The second kappa shape index (κ2) is 3.93. The summed E-state index contributed by atoms with van der Waals surface area (Å²) in [6.07, 6.45) is 3.92.